The molecule has 2 rings (SSSR count). The van der Waals surface area contributed by atoms with E-state index in [1.807, 2.05) is 26.0 Å². The smallest absolute Gasteiger partial charge is 0.228 e. The third kappa shape index (κ3) is 5.12. The average molecular weight is 452 g/mol. The van der Waals surface area contributed by atoms with E-state index >= 15 is 0 Å². The second kappa shape index (κ2) is 10.3. The van der Waals surface area contributed by atoms with Gasteiger partial charge in [-0.3, -0.25) is 4.79 Å². The molecular weight excluding hydrogens is 421 g/mol. The first kappa shape index (κ1) is 24.9. The minimum atomic E-state index is -1.09. The molecule has 0 saturated heterocycles. The number of oxime groups is 1. The topological polar surface area (TPSA) is 79.1 Å². The number of ketones is 1. The fourth-order valence-corrected chi connectivity index (χ4v) is 4.36. The van der Waals surface area contributed by atoms with Gasteiger partial charge in [-0.15, -0.1) is 0 Å². The zero-order valence-corrected chi connectivity index (χ0v) is 19.5. The number of phenolic OH excluding ortho intramolecular Hbond substituents is 1. The van der Waals surface area contributed by atoms with Gasteiger partial charge in [0.05, 0.1) is 11.2 Å². The van der Waals surface area contributed by atoms with Gasteiger partial charge in [0, 0.05) is 23.5 Å². The van der Waals surface area contributed by atoms with E-state index in [4.69, 9.17) is 21.5 Å². The SMILES string of the molecule is CC(/C=C/[C@@]1(C)[C@H](C)CCC(=O)[C@@H]1C)=C\Cc1c(O)c(/C=N/O)c(C)c(Cl)c1OCF. The molecule has 1 aromatic carbocycles. The van der Waals surface area contributed by atoms with Crippen LogP contribution in [0.2, 0.25) is 5.02 Å². The number of carbonyl (C=O) groups excluding carboxylic acids is 1. The normalized spacial score (nSPS) is 25.0. The van der Waals surface area contributed by atoms with Crippen LogP contribution < -0.4 is 4.74 Å². The number of rotatable bonds is 7. The number of carbonyl (C=O) groups is 1. The van der Waals surface area contributed by atoms with Crippen molar-refractivity contribution in [2.24, 2.45) is 22.4 Å². The van der Waals surface area contributed by atoms with E-state index < -0.39 is 6.86 Å². The molecule has 0 bridgehead atoms. The molecule has 1 aromatic rings. The van der Waals surface area contributed by atoms with Crippen LogP contribution in [0.15, 0.2) is 29.0 Å². The molecule has 5 nitrogen and oxygen atoms in total. The van der Waals surface area contributed by atoms with Crippen molar-refractivity contribution in [3.8, 4) is 11.5 Å². The van der Waals surface area contributed by atoms with Crippen LogP contribution in [-0.2, 0) is 11.2 Å². The number of hydrogen-bond acceptors (Lipinski definition) is 5. The Hall–Kier alpha value is -2.34. The molecule has 0 aromatic heterocycles. The Balaban J connectivity index is 2.37. The molecule has 3 atom stereocenters. The quantitative estimate of drug-likeness (QED) is 0.225. The third-order valence-electron chi connectivity index (χ3n) is 6.77. The number of aromatic hydroxyl groups is 1. The number of halogens is 2. The highest BCUT2D eigenvalue weighted by Gasteiger charge is 2.41. The number of allylic oxidation sites excluding steroid dienone is 4. The molecule has 0 unspecified atom stereocenters. The van der Waals surface area contributed by atoms with Gasteiger partial charge in [0.1, 0.15) is 17.3 Å². The second-order valence-electron chi connectivity index (χ2n) is 8.49. The average Bonchev–Trinajstić information content (AvgIpc) is 2.74. The van der Waals surface area contributed by atoms with E-state index in [9.17, 15) is 14.3 Å². The van der Waals surface area contributed by atoms with Crippen molar-refractivity contribution in [2.45, 2.75) is 53.9 Å². The molecule has 0 radical (unpaired) electrons. The molecule has 0 amide bonds. The fraction of sp³-hybridized carbons (Fsp3) is 0.500. The van der Waals surface area contributed by atoms with Crippen molar-refractivity contribution >= 4 is 23.6 Å². The van der Waals surface area contributed by atoms with Crippen LogP contribution in [0.3, 0.4) is 0 Å². The maximum absolute atomic E-state index is 12.9. The summed E-state index contributed by atoms with van der Waals surface area (Å²) in [6.07, 6.45) is 8.75. The number of Topliss-reactive ketones (excluding diaryl/α,β-unsaturated/α-hetero) is 1. The van der Waals surface area contributed by atoms with Crippen molar-refractivity contribution in [3.63, 3.8) is 0 Å². The Morgan fingerprint density at radius 1 is 1.42 bits per heavy atom. The lowest BCUT2D eigenvalue weighted by molar-refractivity contribution is -0.129. The van der Waals surface area contributed by atoms with E-state index in [2.05, 4.69) is 25.1 Å². The van der Waals surface area contributed by atoms with Gasteiger partial charge in [0.15, 0.2) is 0 Å². The van der Waals surface area contributed by atoms with E-state index in [1.165, 1.54) is 0 Å². The molecule has 1 fully saturated rings. The summed E-state index contributed by atoms with van der Waals surface area (Å²) in [5.74, 6) is 0.508. The second-order valence-corrected chi connectivity index (χ2v) is 8.86. The summed E-state index contributed by atoms with van der Waals surface area (Å²) in [7, 11) is 0. The zero-order chi connectivity index (χ0) is 23.3. The Bertz CT molecular complexity index is 925. The fourth-order valence-electron chi connectivity index (χ4n) is 4.09. The van der Waals surface area contributed by atoms with Crippen LogP contribution in [0.5, 0.6) is 11.5 Å². The number of phenols is 1. The molecule has 0 spiro atoms. The minimum Gasteiger partial charge on any atom is -0.507 e. The van der Waals surface area contributed by atoms with Crippen molar-refractivity contribution in [3.05, 3.63) is 45.5 Å². The number of alkyl halides is 1. The Labute approximate surface area is 188 Å². The van der Waals surface area contributed by atoms with Gasteiger partial charge in [-0.1, -0.05) is 61.3 Å². The van der Waals surface area contributed by atoms with Crippen molar-refractivity contribution in [1.29, 1.82) is 0 Å². The highest BCUT2D eigenvalue weighted by atomic mass is 35.5. The van der Waals surface area contributed by atoms with Crippen LogP contribution in [-0.4, -0.2) is 29.2 Å². The van der Waals surface area contributed by atoms with Gasteiger partial charge >= 0.3 is 0 Å². The predicted molar refractivity (Wildman–Crippen MR) is 121 cm³/mol. The monoisotopic (exact) mass is 451 g/mol. The van der Waals surface area contributed by atoms with E-state index in [1.54, 1.807) is 6.92 Å². The van der Waals surface area contributed by atoms with Gasteiger partial charge < -0.3 is 15.1 Å². The van der Waals surface area contributed by atoms with Gasteiger partial charge in [-0.2, -0.15) is 0 Å². The predicted octanol–water partition coefficient (Wildman–Crippen LogP) is 6.15. The van der Waals surface area contributed by atoms with E-state index in [0.29, 0.717) is 23.5 Å². The first-order valence-electron chi connectivity index (χ1n) is 10.4. The zero-order valence-electron chi connectivity index (χ0n) is 18.7. The molecular formula is C24H31ClFNO4. The summed E-state index contributed by atoms with van der Waals surface area (Å²) < 4.78 is 18.0. The molecule has 170 valence electrons. The van der Waals surface area contributed by atoms with Crippen LogP contribution in [0.25, 0.3) is 0 Å². The first-order chi connectivity index (χ1) is 14.6. The van der Waals surface area contributed by atoms with Gasteiger partial charge in [0.2, 0.25) is 6.86 Å². The highest BCUT2D eigenvalue weighted by Crippen LogP contribution is 2.45. The van der Waals surface area contributed by atoms with Crippen LogP contribution in [0.4, 0.5) is 4.39 Å². The van der Waals surface area contributed by atoms with Crippen molar-refractivity contribution < 1.29 is 24.2 Å². The van der Waals surface area contributed by atoms with Crippen molar-refractivity contribution in [2.75, 3.05) is 6.86 Å². The summed E-state index contributed by atoms with van der Waals surface area (Å²) in [6, 6.07) is 0. The summed E-state index contributed by atoms with van der Waals surface area (Å²) in [5.41, 5.74) is 1.65. The van der Waals surface area contributed by atoms with Crippen molar-refractivity contribution in [1.82, 2.24) is 0 Å². The molecule has 0 heterocycles. The first-order valence-corrected chi connectivity index (χ1v) is 10.7. The van der Waals surface area contributed by atoms with Gasteiger partial charge in [-0.05, 0) is 43.6 Å². The van der Waals surface area contributed by atoms with Crippen LogP contribution in [0, 0.1) is 24.2 Å². The number of nitrogens with zero attached hydrogens (tertiary/aromatic N) is 1. The molecule has 1 aliphatic carbocycles. The Kier molecular flexibility index (Phi) is 8.29. The minimum absolute atomic E-state index is 0.0508. The van der Waals surface area contributed by atoms with Gasteiger partial charge in [0.25, 0.3) is 0 Å². The molecule has 7 heteroatoms. The summed E-state index contributed by atoms with van der Waals surface area (Å²) >= 11 is 6.32. The summed E-state index contributed by atoms with van der Waals surface area (Å²) in [5, 5.41) is 22.7. The summed E-state index contributed by atoms with van der Waals surface area (Å²) in [6.45, 7) is 8.71. The van der Waals surface area contributed by atoms with E-state index in [0.717, 1.165) is 18.2 Å². The molecule has 31 heavy (non-hydrogen) atoms. The van der Waals surface area contributed by atoms with E-state index in [-0.39, 0.29) is 45.6 Å². The number of hydrogen-bond donors (Lipinski definition) is 2. The number of benzene rings is 1. The molecule has 1 aliphatic rings. The Morgan fingerprint density at radius 3 is 2.71 bits per heavy atom. The summed E-state index contributed by atoms with van der Waals surface area (Å²) in [4.78, 5) is 12.2. The van der Waals surface area contributed by atoms with Crippen LogP contribution in [0.1, 0.15) is 57.2 Å². The largest absolute Gasteiger partial charge is 0.507 e. The molecule has 2 N–H and O–H groups in total. The van der Waals surface area contributed by atoms with Gasteiger partial charge in [-0.25, -0.2) is 4.39 Å². The Morgan fingerprint density at radius 2 is 2.10 bits per heavy atom. The lowest BCUT2D eigenvalue weighted by Crippen LogP contribution is -2.40. The lowest BCUT2D eigenvalue weighted by atomic mass is 9.61. The molecule has 0 aliphatic heterocycles. The highest BCUT2D eigenvalue weighted by molar-refractivity contribution is 6.33. The number of ether oxygens (including phenoxy) is 1. The lowest BCUT2D eigenvalue weighted by Gasteiger charge is -2.42. The molecule has 1 saturated carbocycles. The maximum atomic E-state index is 12.9. The van der Waals surface area contributed by atoms with Crippen LogP contribution >= 0.6 is 11.6 Å². The third-order valence-corrected chi connectivity index (χ3v) is 7.22. The maximum Gasteiger partial charge on any atom is 0.228 e. The standard InChI is InChI=1S/C24H31ClFNO4/c1-14(10-11-24(5)15(2)7-9-20(28)17(24)4)6-8-18-22(29)19(12-27-30)16(3)21(25)23(18)31-13-26/h6,10-12,15,17,29-30H,7-9,13H2,1-5H3/b11-10+,14-6+,27-12+/t15-,17+,24+/m1/s1.